The summed E-state index contributed by atoms with van der Waals surface area (Å²) < 4.78 is 0. The molecule has 1 amide bonds. The predicted octanol–water partition coefficient (Wildman–Crippen LogP) is 3.42. The summed E-state index contributed by atoms with van der Waals surface area (Å²) in [4.78, 5) is 12.3. The van der Waals surface area contributed by atoms with Crippen molar-refractivity contribution in [2.24, 2.45) is 0 Å². The molecule has 0 radical (unpaired) electrons. The second-order valence-corrected chi connectivity index (χ2v) is 5.34. The fourth-order valence-electron chi connectivity index (χ4n) is 2.20. The highest BCUT2D eigenvalue weighted by molar-refractivity contribution is 5.95. The topological polar surface area (TPSA) is 41.1 Å². The van der Waals surface area contributed by atoms with Crippen LogP contribution >= 0.6 is 0 Å². The van der Waals surface area contributed by atoms with Gasteiger partial charge in [0.05, 0.1) is 6.04 Å². The van der Waals surface area contributed by atoms with Crippen LogP contribution in [-0.2, 0) is 11.3 Å². The van der Waals surface area contributed by atoms with Crippen molar-refractivity contribution < 1.29 is 4.79 Å². The largest absolute Gasteiger partial charge is 0.324 e. The van der Waals surface area contributed by atoms with Crippen LogP contribution in [0.25, 0.3) is 0 Å². The van der Waals surface area contributed by atoms with Crippen molar-refractivity contribution >= 4 is 11.6 Å². The molecule has 2 rings (SSSR count). The second-order valence-electron chi connectivity index (χ2n) is 5.34. The van der Waals surface area contributed by atoms with Crippen LogP contribution in [0.15, 0.2) is 48.5 Å². The standard InChI is InChI=1S/C18H22N2O/c1-13-8-7-9-14(2)17(13)20-18(21)15(3)19-12-16-10-5-4-6-11-16/h4-11,15,19H,12H2,1-3H3,(H,20,21)/t15-/m1/s1. The summed E-state index contributed by atoms with van der Waals surface area (Å²) in [7, 11) is 0. The summed E-state index contributed by atoms with van der Waals surface area (Å²) in [6.07, 6.45) is 0. The number of nitrogens with one attached hydrogen (secondary N) is 2. The van der Waals surface area contributed by atoms with Crippen molar-refractivity contribution in [3.05, 3.63) is 65.2 Å². The lowest BCUT2D eigenvalue weighted by Crippen LogP contribution is -2.37. The Morgan fingerprint density at radius 1 is 1.00 bits per heavy atom. The second kappa shape index (κ2) is 7.04. The van der Waals surface area contributed by atoms with Crippen LogP contribution in [0.2, 0.25) is 0 Å². The van der Waals surface area contributed by atoms with Crippen molar-refractivity contribution in [2.75, 3.05) is 5.32 Å². The minimum atomic E-state index is -0.246. The first-order chi connectivity index (χ1) is 10.1. The smallest absolute Gasteiger partial charge is 0.241 e. The fraction of sp³-hybridized carbons (Fsp3) is 0.278. The number of hydrogen-bond acceptors (Lipinski definition) is 2. The summed E-state index contributed by atoms with van der Waals surface area (Å²) in [6.45, 7) is 6.57. The maximum atomic E-state index is 12.3. The number of para-hydroxylation sites is 1. The SMILES string of the molecule is Cc1cccc(C)c1NC(=O)[C@@H](C)NCc1ccccc1. The fourth-order valence-corrected chi connectivity index (χ4v) is 2.20. The maximum Gasteiger partial charge on any atom is 0.241 e. The van der Waals surface area contributed by atoms with Crippen molar-refractivity contribution in [1.82, 2.24) is 5.32 Å². The zero-order valence-corrected chi connectivity index (χ0v) is 12.8. The van der Waals surface area contributed by atoms with Gasteiger partial charge in [0.2, 0.25) is 5.91 Å². The van der Waals surface area contributed by atoms with Crippen LogP contribution in [0, 0.1) is 13.8 Å². The molecular weight excluding hydrogens is 260 g/mol. The van der Waals surface area contributed by atoms with E-state index in [1.807, 2.05) is 69.3 Å². The van der Waals surface area contributed by atoms with E-state index < -0.39 is 0 Å². The van der Waals surface area contributed by atoms with Gasteiger partial charge in [-0.2, -0.15) is 0 Å². The van der Waals surface area contributed by atoms with E-state index in [-0.39, 0.29) is 11.9 Å². The first-order valence-electron chi connectivity index (χ1n) is 7.22. The average molecular weight is 282 g/mol. The van der Waals surface area contributed by atoms with E-state index in [1.165, 1.54) is 5.56 Å². The molecule has 0 bridgehead atoms. The van der Waals surface area contributed by atoms with E-state index in [0.29, 0.717) is 6.54 Å². The Labute approximate surface area is 126 Å². The minimum absolute atomic E-state index is 0.0108. The quantitative estimate of drug-likeness (QED) is 0.882. The Hall–Kier alpha value is -2.13. The molecule has 0 aromatic heterocycles. The molecule has 3 nitrogen and oxygen atoms in total. The molecule has 3 heteroatoms. The highest BCUT2D eigenvalue weighted by Crippen LogP contribution is 2.19. The Kier molecular flexibility index (Phi) is 5.12. The molecule has 1 atom stereocenters. The van der Waals surface area contributed by atoms with Crippen LogP contribution in [0.5, 0.6) is 0 Å². The van der Waals surface area contributed by atoms with Gasteiger partial charge >= 0.3 is 0 Å². The molecule has 0 unspecified atom stereocenters. The summed E-state index contributed by atoms with van der Waals surface area (Å²) >= 11 is 0. The van der Waals surface area contributed by atoms with Crippen LogP contribution in [-0.4, -0.2) is 11.9 Å². The van der Waals surface area contributed by atoms with Gasteiger partial charge in [-0.05, 0) is 37.5 Å². The molecule has 0 aliphatic carbocycles. The number of aryl methyl sites for hydroxylation is 2. The molecule has 21 heavy (non-hydrogen) atoms. The number of benzene rings is 2. The summed E-state index contributed by atoms with van der Waals surface area (Å²) in [5.41, 5.74) is 4.25. The van der Waals surface area contributed by atoms with Gasteiger partial charge in [0, 0.05) is 12.2 Å². The Morgan fingerprint density at radius 3 is 2.24 bits per heavy atom. The van der Waals surface area contributed by atoms with Crippen LogP contribution < -0.4 is 10.6 Å². The van der Waals surface area contributed by atoms with Crippen LogP contribution in [0.3, 0.4) is 0 Å². The zero-order valence-electron chi connectivity index (χ0n) is 12.8. The van der Waals surface area contributed by atoms with Gasteiger partial charge in [-0.25, -0.2) is 0 Å². The molecule has 110 valence electrons. The molecule has 2 aromatic rings. The number of carbonyl (C=O) groups excluding carboxylic acids is 1. The van der Waals surface area contributed by atoms with Crippen molar-refractivity contribution in [1.29, 1.82) is 0 Å². The van der Waals surface area contributed by atoms with E-state index >= 15 is 0 Å². The molecule has 0 aliphatic rings. The van der Waals surface area contributed by atoms with Crippen molar-refractivity contribution in [3.63, 3.8) is 0 Å². The van der Waals surface area contributed by atoms with Gasteiger partial charge < -0.3 is 10.6 Å². The molecule has 2 aromatic carbocycles. The van der Waals surface area contributed by atoms with E-state index in [9.17, 15) is 4.79 Å². The summed E-state index contributed by atoms with van der Waals surface area (Å²) in [6, 6.07) is 15.8. The van der Waals surface area contributed by atoms with Crippen LogP contribution in [0.1, 0.15) is 23.6 Å². The van der Waals surface area contributed by atoms with Crippen LogP contribution in [0.4, 0.5) is 5.69 Å². The zero-order chi connectivity index (χ0) is 15.2. The summed E-state index contributed by atoms with van der Waals surface area (Å²) in [5, 5.41) is 6.26. The van der Waals surface area contributed by atoms with Gasteiger partial charge in [-0.15, -0.1) is 0 Å². The molecule has 0 saturated carbocycles. The predicted molar refractivity (Wildman–Crippen MR) is 87.3 cm³/mol. The Balaban J connectivity index is 1.94. The number of carbonyl (C=O) groups is 1. The van der Waals surface area contributed by atoms with Gasteiger partial charge in [0.15, 0.2) is 0 Å². The average Bonchev–Trinajstić information content (AvgIpc) is 2.49. The van der Waals surface area contributed by atoms with Gasteiger partial charge in [-0.3, -0.25) is 4.79 Å². The normalized spacial score (nSPS) is 12.0. The molecular formula is C18H22N2O. The van der Waals surface area contributed by atoms with Crippen molar-refractivity contribution in [2.45, 2.75) is 33.4 Å². The summed E-state index contributed by atoms with van der Waals surface area (Å²) in [5.74, 6) is -0.0108. The van der Waals surface area contributed by atoms with Gasteiger partial charge in [0.1, 0.15) is 0 Å². The van der Waals surface area contributed by atoms with E-state index in [4.69, 9.17) is 0 Å². The third-order valence-corrected chi connectivity index (χ3v) is 3.58. The Morgan fingerprint density at radius 2 is 1.62 bits per heavy atom. The molecule has 0 saturated heterocycles. The lowest BCUT2D eigenvalue weighted by atomic mass is 10.1. The number of anilines is 1. The molecule has 0 spiro atoms. The molecule has 2 N–H and O–H groups in total. The first-order valence-corrected chi connectivity index (χ1v) is 7.22. The lowest BCUT2D eigenvalue weighted by molar-refractivity contribution is -0.117. The Bertz CT molecular complexity index is 588. The maximum absolute atomic E-state index is 12.3. The molecule has 0 fully saturated rings. The van der Waals surface area contributed by atoms with E-state index in [0.717, 1.165) is 16.8 Å². The number of amides is 1. The van der Waals surface area contributed by atoms with E-state index in [1.54, 1.807) is 0 Å². The number of hydrogen-bond donors (Lipinski definition) is 2. The first kappa shape index (κ1) is 15.3. The van der Waals surface area contributed by atoms with Crippen molar-refractivity contribution in [3.8, 4) is 0 Å². The number of rotatable bonds is 5. The van der Waals surface area contributed by atoms with Gasteiger partial charge in [-0.1, -0.05) is 48.5 Å². The highest BCUT2D eigenvalue weighted by atomic mass is 16.2. The van der Waals surface area contributed by atoms with E-state index in [2.05, 4.69) is 10.6 Å². The molecule has 0 heterocycles. The molecule has 0 aliphatic heterocycles. The third kappa shape index (κ3) is 4.17. The van der Waals surface area contributed by atoms with Gasteiger partial charge in [0.25, 0.3) is 0 Å². The highest BCUT2D eigenvalue weighted by Gasteiger charge is 2.14. The third-order valence-electron chi connectivity index (χ3n) is 3.58. The lowest BCUT2D eigenvalue weighted by Gasteiger charge is -2.16. The minimum Gasteiger partial charge on any atom is -0.324 e. The monoisotopic (exact) mass is 282 g/mol.